The summed E-state index contributed by atoms with van der Waals surface area (Å²) in [6.07, 6.45) is 2.57. The number of carbonyl (C=O) groups is 1. The van der Waals surface area contributed by atoms with E-state index in [9.17, 15) is 13.2 Å². The molecule has 1 aliphatic heterocycles. The number of thiazole rings is 1. The van der Waals surface area contributed by atoms with E-state index in [0.29, 0.717) is 40.4 Å². The quantitative estimate of drug-likeness (QED) is 0.555. The van der Waals surface area contributed by atoms with E-state index in [1.807, 2.05) is 12.1 Å². The molecule has 164 valence electrons. The highest BCUT2D eigenvalue weighted by Crippen LogP contribution is 2.26. The molecule has 3 aromatic rings. The van der Waals surface area contributed by atoms with E-state index in [1.54, 1.807) is 40.8 Å². The van der Waals surface area contributed by atoms with E-state index < -0.39 is 10.0 Å². The van der Waals surface area contributed by atoms with Crippen molar-refractivity contribution in [3.63, 3.8) is 0 Å². The van der Waals surface area contributed by atoms with Crippen LogP contribution in [-0.2, 0) is 10.0 Å². The van der Waals surface area contributed by atoms with E-state index in [4.69, 9.17) is 4.42 Å². The number of hydrogen-bond acceptors (Lipinski definition) is 6. The van der Waals surface area contributed by atoms with Crippen molar-refractivity contribution in [2.24, 2.45) is 0 Å². The van der Waals surface area contributed by atoms with E-state index >= 15 is 0 Å². The van der Waals surface area contributed by atoms with Crippen LogP contribution in [0.2, 0.25) is 0 Å². The second-order valence-electron chi connectivity index (χ2n) is 7.59. The Morgan fingerprint density at radius 3 is 2.48 bits per heavy atom. The number of carbonyl (C=O) groups excluding carboxylic acids is 1. The minimum absolute atomic E-state index is 0.191. The first-order valence-electron chi connectivity index (χ1n) is 10.3. The second kappa shape index (κ2) is 8.94. The van der Waals surface area contributed by atoms with Gasteiger partial charge in [-0.3, -0.25) is 4.79 Å². The van der Waals surface area contributed by atoms with Gasteiger partial charge in [0.05, 0.1) is 11.2 Å². The fourth-order valence-corrected chi connectivity index (χ4v) is 5.71. The van der Waals surface area contributed by atoms with Crippen molar-refractivity contribution in [3.8, 4) is 10.8 Å². The van der Waals surface area contributed by atoms with Crippen molar-refractivity contribution in [2.75, 3.05) is 26.2 Å². The number of sulfonamides is 1. The monoisotopic (exact) mass is 459 g/mol. The van der Waals surface area contributed by atoms with Crippen LogP contribution in [0.1, 0.15) is 42.2 Å². The van der Waals surface area contributed by atoms with Crippen LogP contribution in [0.25, 0.3) is 10.8 Å². The van der Waals surface area contributed by atoms with Crippen LogP contribution < -0.4 is 0 Å². The van der Waals surface area contributed by atoms with E-state index in [-0.39, 0.29) is 19.0 Å². The highest BCUT2D eigenvalue weighted by Gasteiger charge is 2.31. The normalized spacial score (nSPS) is 16.4. The lowest BCUT2D eigenvalue weighted by Gasteiger charge is -2.33. The number of aromatic nitrogens is 1. The highest BCUT2D eigenvalue weighted by molar-refractivity contribution is 7.89. The average Bonchev–Trinajstić information content (AvgIpc) is 3.50. The zero-order valence-corrected chi connectivity index (χ0v) is 19.2. The van der Waals surface area contributed by atoms with Crippen molar-refractivity contribution in [1.82, 2.24) is 14.2 Å². The summed E-state index contributed by atoms with van der Waals surface area (Å²) in [6.45, 7) is 5.42. The Morgan fingerprint density at radius 1 is 1.16 bits per heavy atom. The standard InChI is InChI=1S/C22H25N3O4S2/c1-3-16(2)17-6-8-18(9-7-17)31(27,28)25-12-10-24(11-13-25)22(26)19-15-30-21(23-19)20-5-4-14-29-20/h4-9,14-16H,3,10-13H2,1-2H3. The third-order valence-electron chi connectivity index (χ3n) is 5.68. The molecule has 0 bridgehead atoms. The number of nitrogens with zero attached hydrogens (tertiary/aromatic N) is 3. The molecular weight excluding hydrogens is 434 g/mol. The Bertz CT molecular complexity index is 1130. The van der Waals surface area contributed by atoms with Gasteiger partial charge >= 0.3 is 0 Å². The first-order chi connectivity index (χ1) is 14.9. The minimum Gasteiger partial charge on any atom is -0.462 e. The molecule has 3 heterocycles. The van der Waals surface area contributed by atoms with Gasteiger partial charge in [-0.05, 0) is 42.2 Å². The second-order valence-corrected chi connectivity index (χ2v) is 10.4. The van der Waals surface area contributed by atoms with Gasteiger partial charge in [0.1, 0.15) is 5.69 Å². The summed E-state index contributed by atoms with van der Waals surface area (Å²) >= 11 is 1.35. The third kappa shape index (κ3) is 4.44. The average molecular weight is 460 g/mol. The molecule has 1 aliphatic rings. The molecule has 9 heteroatoms. The van der Waals surface area contributed by atoms with Crippen LogP contribution in [0.3, 0.4) is 0 Å². The van der Waals surface area contributed by atoms with E-state index in [1.165, 1.54) is 15.6 Å². The SMILES string of the molecule is CCC(C)c1ccc(S(=O)(=O)N2CCN(C(=O)c3csc(-c4ccco4)n3)CC2)cc1. The smallest absolute Gasteiger partial charge is 0.273 e. The Balaban J connectivity index is 1.40. The van der Waals surface area contributed by atoms with Crippen LogP contribution in [0.5, 0.6) is 0 Å². The maximum absolute atomic E-state index is 13.0. The number of amides is 1. The van der Waals surface area contributed by atoms with Gasteiger partial charge in [-0.25, -0.2) is 13.4 Å². The first-order valence-corrected chi connectivity index (χ1v) is 12.6. The van der Waals surface area contributed by atoms with Gasteiger partial charge in [0.25, 0.3) is 5.91 Å². The number of furan rings is 1. The van der Waals surface area contributed by atoms with Crippen molar-refractivity contribution in [2.45, 2.75) is 31.1 Å². The van der Waals surface area contributed by atoms with Crippen LogP contribution in [0.4, 0.5) is 0 Å². The molecule has 0 aliphatic carbocycles. The molecule has 4 rings (SSSR count). The molecule has 1 amide bonds. The molecule has 1 fully saturated rings. The molecular formula is C22H25N3O4S2. The fraction of sp³-hybridized carbons (Fsp3) is 0.364. The first kappa shape index (κ1) is 21.7. The molecule has 1 unspecified atom stereocenters. The molecule has 0 saturated carbocycles. The third-order valence-corrected chi connectivity index (χ3v) is 8.45. The molecule has 0 spiro atoms. The molecule has 2 aromatic heterocycles. The summed E-state index contributed by atoms with van der Waals surface area (Å²) < 4.78 is 32.8. The number of rotatable bonds is 6. The molecule has 0 radical (unpaired) electrons. The van der Waals surface area contributed by atoms with Gasteiger partial charge in [0.2, 0.25) is 10.0 Å². The summed E-state index contributed by atoms with van der Waals surface area (Å²) in [5.41, 5.74) is 1.49. The number of benzene rings is 1. The van der Waals surface area contributed by atoms with Crippen LogP contribution in [-0.4, -0.2) is 54.7 Å². The van der Waals surface area contributed by atoms with Crippen molar-refractivity contribution in [1.29, 1.82) is 0 Å². The largest absolute Gasteiger partial charge is 0.462 e. The summed E-state index contributed by atoms with van der Waals surface area (Å²) in [7, 11) is -3.58. The fourth-order valence-electron chi connectivity index (χ4n) is 3.53. The van der Waals surface area contributed by atoms with E-state index in [2.05, 4.69) is 18.8 Å². The van der Waals surface area contributed by atoms with Gasteiger partial charge in [0.15, 0.2) is 10.8 Å². The molecule has 1 atom stereocenters. The minimum atomic E-state index is -3.58. The Kier molecular flexibility index (Phi) is 6.27. The highest BCUT2D eigenvalue weighted by atomic mass is 32.2. The molecule has 31 heavy (non-hydrogen) atoms. The molecule has 0 N–H and O–H groups in total. The zero-order chi connectivity index (χ0) is 22.0. The summed E-state index contributed by atoms with van der Waals surface area (Å²) in [6, 6.07) is 10.7. The lowest BCUT2D eigenvalue weighted by molar-refractivity contribution is 0.0693. The molecule has 7 nitrogen and oxygen atoms in total. The van der Waals surface area contributed by atoms with Gasteiger partial charge in [-0.15, -0.1) is 11.3 Å². The lowest BCUT2D eigenvalue weighted by Crippen LogP contribution is -2.50. The Labute approximate surface area is 186 Å². The van der Waals surface area contributed by atoms with Crippen molar-refractivity contribution >= 4 is 27.3 Å². The predicted molar refractivity (Wildman–Crippen MR) is 120 cm³/mol. The maximum atomic E-state index is 13.0. The molecule has 1 saturated heterocycles. The van der Waals surface area contributed by atoms with Gasteiger partial charge in [-0.2, -0.15) is 4.31 Å². The zero-order valence-electron chi connectivity index (χ0n) is 17.5. The Hall–Kier alpha value is -2.49. The lowest BCUT2D eigenvalue weighted by atomic mass is 9.99. The van der Waals surface area contributed by atoms with Gasteiger partial charge < -0.3 is 9.32 Å². The number of piperazine rings is 1. The topological polar surface area (TPSA) is 83.7 Å². The van der Waals surface area contributed by atoms with Gasteiger partial charge in [0, 0.05) is 31.6 Å². The Morgan fingerprint density at radius 2 is 1.87 bits per heavy atom. The van der Waals surface area contributed by atoms with E-state index in [0.717, 1.165) is 12.0 Å². The maximum Gasteiger partial charge on any atom is 0.273 e. The van der Waals surface area contributed by atoms with Crippen molar-refractivity contribution < 1.29 is 17.6 Å². The van der Waals surface area contributed by atoms with Gasteiger partial charge in [-0.1, -0.05) is 26.0 Å². The number of hydrogen-bond donors (Lipinski definition) is 0. The van der Waals surface area contributed by atoms with Crippen molar-refractivity contribution in [3.05, 3.63) is 59.3 Å². The molecule has 1 aromatic carbocycles. The van der Waals surface area contributed by atoms with Crippen LogP contribution in [0.15, 0.2) is 57.4 Å². The van der Waals surface area contributed by atoms with Crippen LogP contribution >= 0.6 is 11.3 Å². The summed E-state index contributed by atoms with van der Waals surface area (Å²) in [4.78, 5) is 19.1. The van der Waals surface area contributed by atoms with Crippen LogP contribution in [0, 0.1) is 0 Å². The summed E-state index contributed by atoms with van der Waals surface area (Å²) in [5, 5.41) is 2.36. The predicted octanol–water partition coefficient (Wildman–Crippen LogP) is 4.06. The summed E-state index contributed by atoms with van der Waals surface area (Å²) in [5.74, 6) is 0.827.